The summed E-state index contributed by atoms with van der Waals surface area (Å²) in [4.78, 5) is 25.4. The summed E-state index contributed by atoms with van der Waals surface area (Å²) >= 11 is 0. The van der Waals surface area contributed by atoms with Gasteiger partial charge < -0.3 is 9.32 Å². The number of amides is 1. The van der Waals surface area contributed by atoms with Crippen molar-refractivity contribution in [3.8, 4) is 0 Å². The van der Waals surface area contributed by atoms with Crippen molar-refractivity contribution in [3.63, 3.8) is 0 Å². The first-order chi connectivity index (χ1) is 12.3. The van der Waals surface area contributed by atoms with Crippen molar-refractivity contribution in [2.75, 3.05) is 0 Å². The van der Waals surface area contributed by atoms with Gasteiger partial charge >= 0.3 is 5.69 Å². The predicted octanol–water partition coefficient (Wildman–Crippen LogP) is 3.45. The molecule has 1 fully saturated rings. The second kappa shape index (κ2) is 6.93. The monoisotopic (exact) mass is 360 g/mol. The summed E-state index contributed by atoms with van der Waals surface area (Å²) in [5.74, 6) is 0.748. The fourth-order valence-electron chi connectivity index (χ4n) is 3.78. The second-order valence-corrected chi connectivity index (χ2v) is 7.04. The van der Waals surface area contributed by atoms with E-state index in [1.54, 1.807) is 26.0 Å². The average molecular weight is 360 g/mol. The third kappa shape index (κ3) is 3.23. The predicted molar refractivity (Wildman–Crippen MR) is 95.1 cm³/mol. The number of carbonyl (C=O) groups excluding carboxylic acids is 1. The van der Waals surface area contributed by atoms with Crippen molar-refractivity contribution in [2.45, 2.75) is 65.6 Å². The lowest BCUT2D eigenvalue weighted by Gasteiger charge is -2.38. The van der Waals surface area contributed by atoms with E-state index in [4.69, 9.17) is 4.42 Å². The Morgan fingerprint density at radius 1 is 1.31 bits per heavy atom. The zero-order valence-corrected chi connectivity index (χ0v) is 15.6. The fourth-order valence-corrected chi connectivity index (χ4v) is 3.78. The van der Waals surface area contributed by atoms with Crippen molar-refractivity contribution in [1.82, 2.24) is 14.7 Å². The van der Waals surface area contributed by atoms with Crippen molar-refractivity contribution in [3.05, 3.63) is 45.2 Å². The van der Waals surface area contributed by atoms with Gasteiger partial charge in [-0.3, -0.25) is 19.6 Å². The topological polar surface area (TPSA) is 94.4 Å². The summed E-state index contributed by atoms with van der Waals surface area (Å²) in [6.07, 6.45) is 3.13. The molecule has 0 N–H and O–H groups in total. The molecule has 26 heavy (non-hydrogen) atoms. The molecule has 3 rings (SSSR count). The number of hydrogen-bond acceptors (Lipinski definition) is 5. The summed E-state index contributed by atoms with van der Waals surface area (Å²) in [7, 11) is 0. The van der Waals surface area contributed by atoms with Crippen LogP contribution in [0.1, 0.15) is 60.8 Å². The van der Waals surface area contributed by atoms with Crippen molar-refractivity contribution >= 4 is 11.6 Å². The summed E-state index contributed by atoms with van der Waals surface area (Å²) < 4.78 is 7.28. The van der Waals surface area contributed by atoms with Crippen LogP contribution in [0.15, 0.2) is 16.5 Å². The second-order valence-electron chi connectivity index (χ2n) is 7.04. The van der Waals surface area contributed by atoms with Crippen molar-refractivity contribution in [2.24, 2.45) is 0 Å². The highest BCUT2D eigenvalue weighted by molar-refractivity contribution is 5.92. The lowest BCUT2D eigenvalue weighted by Crippen LogP contribution is -2.47. The van der Waals surface area contributed by atoms with Crippen LogP contribution in [-0.4, -0.2) is 37.6 Å². The number of carbonyl (C=O) groups is 1. The molecule has 1 saturated heterocycles. The number of furan rings is 1. The van der Waals surface area contributed by atoms with Crippen LogP contribution in [0.25, 0.3) is 0 Å². The maximum absolute atomic E-state index is 12.8. The summed E-state index contributed by atoms with van der Waals surface area (Å²) in [6, 6.07) is 3.79. The lowest BCUT2D eigenvalue weighted by molar-refractivity contribution is -0.386. The Morgan fingerprint density at radius 3 is 2.54 bits per heavy atom. The first-order valence-electron chi connectivity index (χ1n) is 8.89. The number of aromatic nitrogens is 2. The van der Waals surface area contributed by atoms with Gasteiger partial charge in [0.15, 0.2) is 5.76 Å². The van der Waals surface area contributed by atoms with Gasteiger partial charge in [-0.05, 0) is 59.1 Å². The lowest BCUT2D eigenvalue weighted by atomic mass is 9.97. The molecule has 0 bridgehead atoms. The molecule has 1 amide bonds. The molecule has 8 nitrogen and oxygen atoms in total. The molecule has 0 aliphatic carbocycles. The Morgan fingerprint density at radius 2 is 1.96 bits per heavy atom. The molecule has 140 valence electrons. The molecule has 0 unspecified atom stereocenters. The minimum atomic E-state index is -0.426. The Kier molecular flexibility index (Phi) is 4.84. The average Bonchev–Trinajstić information content (AvgIpc) is 3.12. The molecule has 0 saturated carbocycles. The van der Waals surface area contributed by atoms with E-state index in [1.807, 2.05) is 4.90 Å². The van der Waals surface area contributed by atoms with E-state index in [-0.39, 0.29) is 30.2 Å². The van der Waals surface area contributed by atoms with Crippen LogP contribution in [0.3, 0.4) is 0 Å². The molecule has 8 heteroatoms. The quantitative estimate of drug-likeness (QED) is 0.615. The van der Waals surface area contributed by atoms with Crippen LogP contribution in [-0.2, 0) is 6.54 Å². The molecule has 3 heterocycles. The molecule has 0 spiro atoms. The van der Waals surface area contributed by atoms with E-state index < -0.39 is 4.92 Å². The van der Waals surface area contributed by atoms with Gasteiger partial charge in [0.05, 0.1) is 11.5 Å². The number of nitro groups is 1. The van der Waals surface area contributed by atoms with Gasteiger partial charge in [0, 0.05) is 12.1 Å². The van der Waals surface area contributed by atoms with Crippen LogP contribution in [0, 0.1) is 24.0 Å². The van der Waals surface area contributed by atoms with Crippen molar-refractivity contribution in [1.29, 1.82) is 0 Å². The first kappa shape index (κ1) is 18.2. The molecule has 1 aliphatic rings. The molecule has 0 radical (unpaired) electrons. The first-order valence-corrected chi connectivity index (χ1v) is 8.89. The van der Waals surface area contributed by atoms with Gasteiger partial charge in [0.2, 0.25) is 0 Å². The Labute approximate surface area is 151 Å². The number of likely N-dealkylation sites (tertiary alicyclic amines) is 1. The number of rotatable bonds is 4. The zero-order valence-electron chi connectivity index (χ0n) is 15.6. The van der Waals surface area contributed by atoms with Gasteiger partial charge in [-0.25, -0.2) is 0 Å². The maximum Gasteiger partial charge on any atom is 0.312 e. The molecule has 2 aromatic heterocycles. The van der Waals surface area contributed by atoms with Gasteiger partial charge in [0.25, 0.3) is 5.91 Å². The number of nitrogens with zero attached hydrogens (tertiary/aromatic N) is 4. The highest BCUT2D eigenvalue weighted by Crippen LogP contribution is 2.26. The highest BCUT2D eigenvalue weighted by atomic mass is 16.6. The van der Waals surface area contributed by atoms with Crippen molar-refractivity contribution < 1.29 is 14.1 Å². The van der Waals surface area contributed by atoms with E-state index in [0.29, 0.717) is 22.9 Å². The van der Waals surface area contributed by atoms with Crippen LogP contribution < -0.4 is 0 Å². The van der Waals surface area contributed by atoms with E-state index >= 15 is 0 Å². The Bertz CT molecular complexity index is 828. The van der Waals surface area contributed by atoms with E-state index in [9.17, 15) is 14.9 Å². The van der Waals surface area contributed by atoms with Crippen LogP contribution in [0.2, 0.25) is 0 Å². The number of hydrogen-bond donors (Lipinski definition) is 0. The fraction of sp³-hybridized carbons (Fsp3) is 0.556. The number of aryl methyl sites for hydroxylation is 1. The third-order valence-electron chi connectivity index (χ3n) is 5.13. The molecule has 2 aromatic rings. The Hall–Kier alpha value is -2.64. The largest absolute Gasteiger partial charge is 0.454 e. The van der Waals surface area contributed by atoms with Crippen LogP contribution in [0.5, 0.6) is 0 Å². The van der Waals surface area contributed by atoms with E-state index in [1.165, 1.54) is 4.68 Å². The standard InChI is InChI=1S/C18H24N4O4/c1-11-6-5-7-12(2)21(11)18(23)16-9-8-15(26-16)10-20-14(4)17(22(24)25)13(3)19-20/h8-9,11-12H,5-7,10H2,1-4H3/t11-,12-/m0/s1. The molecular weight excluding hydrogens is 336 g/mol. The van der Waals surface area contributed by atoms with E-state index in [2.05, 4.69) is 18.9 Å². The minimum Gasteiger partial charge on any atom is -0.454 e. The van der Waals surface area contributed by atoms with Gasteiger partial charge in [-0.15, -0.1) is 0 Å². The van der Waals surface area contributed by atoms with E-state index in [0.717, 1.165) is 19.3 Å². The van der Waals surface area contributed by atoms with Gasteiger partial charge in [0.1, 0.15) is 17.1 Å². The summed E-state index contributed by atoms with van der Waals surface area (Å²) in [5.41, 5.74) is 0.852. The number of piperidine rings is 1. The Balaban J connectivity index is 1.79. The van der Waals surface area contributed by atoms with Gasteiger partial charge in [-0.1, -0.05) is 0 Å². The third-order valence-corrected chi connectivity index (χ3v) is 5.13. The smallest absolute Gasteiger partial charge is 0.312 e. The maximum atomic E-state index is 12.8. The summed E-state index contributed by atoms with van der Waals surface area (Å²) in [6.45, 7) is 7.64. The highest BCUT2D eigenvalue weighted by Gasteiger charge is 2.31. The molecule has 2 atom stereocenters. The molecule has 0 aromatic carbocycles. The van der Waals surface area contributed by atoms with Gasteiger partial charge in [-0.2, -0.15) is 5.10 Å². The normalized spacial score (nSPS) is 20.4. The molecular formula is C18H24N4O4. The summed E-state index contributed by atoms with van der Waals surface area (Å²) in [5, 5.41) is 15.3. The SMILES string of the molecule is Cc1nn(Cc2ccc(C(=O)N3[C@@H](C)CCC[C@@H]3C)o2)c(C)c1[N+](=O)[O-]. The van der Waals surface area contributed by atoms with Crippen LogP contribution in [0.4, 0.5) is 5.69 Å². The minimum absolute atomic E-state index is 0.0174. The van der Waals surface area contributed by atoms with Crippen LogP contribution >= 0.6 is 0 Å². The molecule has 1 aliphatic heterocycles. The zero-order chi connectivity index (χ0) is 19.0.